The molecule has 0 radical (unpaired) electrons. The Balaban J connectivity index is 1.74. The highest BCUT2D eigenvalue weighted by atomic mass is 35.5. The van der Waals surface area contributed by atoms with Gasteiger partial charge in [-0.1, -0.05) is 35.9 Å². The van der Waals surface area contributed by atoms with Gasteiger partial charge in [-0.3, -0.25) is 0 Å². The molecule has 25 heavy (non-hydrogen) atoms. The maximum absolute atomic E-state index is 9.56. The number of rotatable bonds is 4. The molecule has 1 saturated heterocycles. The average molecular weight is 356 g/mol. The third-order valence-electron chi connectivity index (χ3n) is 4.95. The smallest absolute Gasteiger partial charge is 0.206 e. The van der Waals surface area contributed by atoms with Crippen LogP contribution in [0.3, 0.4) is 0 Å². The highest BCUT2D eigenvalue weighted by molar-refractivity contribution is 6.30. The van der Waals surface area contributed by atoms with Gasteiger partial charge in [-0.05, 0) is 48.6 Å². The van der Waals surface area contributed by atoms with Gasteiger partial charge in [-0.25, -0.2) is 4.98 Å². The quantitative estimate of drug-likeness (QED) is 0.770. The summed E-state index contributed by atoms with van der Waals surface area (Å²) in [6.45, 7) is 2.85. The minimum absolute atomic E-state index is 0.244. The second-order valence-corrected chi connectivity index (χ2v) is 7.19. The van der Waals surface area contributed by atoms with Crippen molar-refractivity contribution in [2.45, 2.75) is 19.4 Å². The van der Waals surface area contributed by atoms with Crippen LogP contribution >= 0.6 is 11.6 Å². The Morgan fingerprint density at radius 2 is 1.92 bits per heavy atom. The van der Waals surface area contributed by atoms with E-state index in [0.717, 1.165) is 54.5 Å². The van der Waals surface area contributed by atoms with Crippen molar-refractivity contribution >= 4 is 28.6 Å². The Hall–Kier alpha value is -2.04. The first-order chi connectivity index (χ1) is 12.2. The second-order valence-electron chi connectivity index (χ2n) is 6.75. The van der Waals surface area contributed by atoms with Gasteiger partial charge in [0, 0.05) is 24.7 Å². The summed E-state index contributed by atoms with van der Waals surface area (Å²) < 4.78 is 2.28. The normalized spacial score (nSPS) is 18.0. The number of benzene rings is 2. The van der Waals surface area contributed by atoms with E-state index < -0.39 is 0 Å². The molecule has 1 fully saturated rings. The molecule has 0 unspecified atom stereocenters. The van der Waals surface area contributed by atoms with Crippen molar-refractivity contribution in [1.29, 1.82) is 0 Å². The van der Waals surface area contributed by atoms with Gasteiger partial charge in [-0.15, -0.1) is 0 Å². The lowest BCUT2D eigenvalue weighted by Gasteiger charge is -2.33. The molecule has 4 nitrogen and oxygen atoms in total. The summed E-state index contributed by atoms with van der Waals surface area (Å²) >= 11 is 6.02. The lowest BCUT2D eigenvalue weighted by Crippen LogP contribution is -2.38. The van der Waals surface area contributed by atoms with Crippen LogP contribution in [0.4, 0.5) is 5.95 Å². The first-order valence-corrected chi connectivity index (χ1v) is 9.18. The third kappa shape index (κ3) is 3.37. The summed E-state index contributed by atoms with van der Waals surface area (Å²) in [5.41, 5.74) is 3.35. The van der Waals surface area contributed by atoms with Crippen molar-refractivity contribution in [3.8, 4) is 0 Å². The SMILES string of the molecule is OC[C@@H]1CCCN(c2nc3ccccc3n2Cc2ccc(Cl)cc2)C1. The summed E-state index contributed by atoms with van der Waals surface area (Å²) in [4.78, 5) is 7.22. The Morgan fingerprint density at radius 1 is 1.12 bits per heavy atom. The first-order valence-electron chi connectivity index (χ1n) is 8.80. The predicted molar refractivity (Wildman–Crippen MR) is 102 cm³/mol. The molecule has 3 aromatic rings. The van der Waals surface area contributed by atoms with Crippen LogP contribution < -0.4 is 4.90 Å². The van der Waals surface area contributed by atoms with Crippen LogP contribution in [-0.2, 0) is 6.54 Å². The molecule has 0 saturated carbocycles. The van der Waals surface area contributed by atoms with Crippen molar-refractivity contribution in [1.82, 2.24) is 9.55 Å². The molecule has 2 aromatic carbocycles. The predicted octanol–water partition coefficient (Wildman–Crippen LogP) is 3.95. The molecule has 1 N–H and O–H groups in total. The van der Waals surface area contributed by atoms with E-state index in [4.69, 9.17) is 16.6 Å². The number of aliphatic hydroxyl groups excluding tert-OH is 1. The Kier molecular flexibility index (Phi) is 4.64. The van der Waals surface area contributed by atoms with E-state index in [2.05, 4.69) is 39.8 Å². The van der Waals surface area contributed by atoms with Gasteiger partial charge >= 0.3 is 0 Å². The van der Waals surface area contributed by atoms with Crippen LogP contribution in [0.5, 0.6) is 0 Å². The molecule has 0 amide bonds. The van der Waals surface area contributed by atoms with Crippen LogP contribution in [-0.4, -0.2) is 34.4 Å². The lowest BCUT2D eigenvalue weighted by molar-refractivity contribution is 0.208. The van der Waals surface area contributed by atoms with E-state index in [1.807, 2.05) is 18.2 Å². The van der Waals surface area contributed by atoms with Gasteiger partial charge in [0.1, 0.15) is 0 Å². The van der Waals surface area contributed by atoms with Crippen LogP contribution in [0.2, 0.25) is 5.02 Å². The summed E-state index contributed by atoms with van der Waals surface area (Å²) in [6, 6.07) is 16.2. The molecule has 1 aliphatic rings. The molecule has 4 rings (SSSR count). The van der Waals surface area contributed by atoms with Crippen LogP contribution in [0.1, 0.15) is 18.4 Å². The van der Waals surface area contributed by atoms with Crippen LogP contribution in [0.25, 0.3) is 11.0 Å². The number of hydrogen-bond donors (Lipinski definition) is 1. The summed E-state index contributed by atoms with van der Waals surface area (Å²) in [7, 11) is 0. The average Bonchev–Trinajstić information content (AvgIpc) is 3.02. The number of anilines is 1. The molecule has 130 valence electrons. The van der Waals surface area contributed by atoms with E-state index in [0.29, 0.717) is 5.92 Å². The number of aliphatic hydroxyl groups is 1. The van der Waals surface area contributed by atoms with Gasteiger partial charge in [0.15, 0.2) is 0 Å². The minimum atomic E-state index is 0.244. The fourth-order valence-electron chi connectivity index (χ4n) is 3.63. The fraction of sp³-hybridized carbons (Fsp3) is 0.350. The third-order valence-corrected chi connectivity index (χ3v) is 5.20. The molecular formula is C20H22ClN3O. The number of para-hydroxylation sites is 2. The van der Waals surface area contributed by atoms with Gasteiger partial charge in [0.2, 0.25) is 5.95 Å². The Labute approximate surface area is 152 Å². The number of piperidine rings is 1. The summed E-state index contributed by atoms with van der Waals surface area (Å²) in [5.74, 6) is 1.33. The molecule has 2 heterocycles. The van der Waals surface area contributed by atoms with Gasteiger partial charge < -0.3 is 14.6 Å². The van der Waals surface area contributed by atoms with Crippen molar-refractivity contribution in [2.75, 3.05) is 24.6 Å². The zero-order valence-electron chi connectivity index (χ0n) is 14.1. The standard InChI is InChI=1S/C20H22ClN3O/c21-17-9-7-15(8-10-17)13-24-19-6-2-1-5-18(19)22-20(24)23-11-3-4-16(12-23)14-25/h1-2,5-10,16,25H,3-4,11-14H2/t16-/m1/s1. The van der Waals surface area contributed by atoms with Crippen molar-refractivity contribution in [3.63, 3.8) is 0 Å². The molecule has 1 aliphatic heterocycles. The van der Waals surface area contributed by atoms with Crippen LogP contribution in [0, 0.1) is 5.92 Å². The van der Waals surface area contributed by atoms with E-state index in [9.17, 15) is 5.11 Å². The Bertz CT molecular complexity index is 859. The number of nitrogens with zero attached hydrogens (tertiary/aromatic N) is 3. The maximum atomic E-state index is 9.56. The van der Waals surface area contributed by atoms with Gasteiger partial charge in [-0.2, -0.15) is 0 Å². The fourth-order valence-corrected chi connectivity index (χ4v) is 3.75. The first kappa shape index (κ1) is 16.4. The second kappa shape index (κ2) is 7.06. The largest absolute Gasteiger partial charge is 0.396 e. The van der Waals surface area contributed by atoms with Gasteiger partial charge in [0.25, 0.3) is 0 Å². The van der Waals surface area contributed by atoms with Crippen LogP contribution in [0.15, 0.2) is 48.5 Å². The molecule has 5 heteroatoms. The number of imidazole rings is 1. The van der Waals surface area contributed by atoms with Gasteiger partial charge in [0.05, 0.1) is 17.6 Å². The zero-order chi connectivity index (χ0) is 17.2. The van der Waals surface area contributed by atoms with Crippen molar-refractivity contribution in [3.05, 3.63) is 59.1 Å². The van der Waals surface area contributed by atoms with Crippen molar-refractivity contribution in [2.24, 2.45) is 5.92 Å². The molecule has 1 atom stereocenters. The summed E-state index contributed by atoms with van der Waals surface area (Å²) in [6.07, 6.45) is 2.18. The molecule has 0 aliphatic carbocycles. The number of fused-ring (bicyclic) bond motifs is 1. The maximum Gasteiger partial charge on any atom is 0.206 e. The van der Waals surface area contributed by atoms with E-state index in [-0.39, 0.29) is 6.61 Å². The molecule has 1 aromatic heterocycles. The number of halogens is 1. The van der Waals surface area contributed by atoms with E-state index >= 15 is 0 Å². The van der Waals surface area contributed by atoms with E-state index in [1.165, 1.54) is 5.56 Å². The topological polar surface area (TPSA) is 41.3 Å². The van der Waals surface area contributed by atoms with Crippen molar-refractivity contribution < 1.29 is 5.11 Å². The minimum Gasteiger partial charge on any atom is -0.396 e. The molecule has 0 bridgehead atoms. The highest BCUT2D eigenvalue weighted by Crippen LogP contribution is 2.28. The zero-order valence-corrected chi connectivity index (χ0v) is 14.9. The summed E-state index contributed by atoms with van der Waals surface area (Å²) in [5, 5.41) is 10.3. The molecule has 0 spiro atoms. The highest BCUT2D eigenvalue weighted by Gasteiger charge is 2.24. The number of aromatic nitrogens is 2. The number of hydrogen-bond acceptors (Lipinski definition) is 3. The Morgan fingerprint density at radius 3 is 2.72 bits per heavy atom. The lowest BCUT2D eigenvalue weighted by atomic mass is 9.99. The molecular weight excluding hydrogens is 334 g/mol. The monoisotopic (exact) mass is 355 g/mol. The van der Waals surface area contributed by atoms with E-state index in [1.54, 1.807) is 0 Å².